The smallest absolute Gasteiger partial charge is 0.264 e. The summed E-state index contributed by atoms with van der Waals surface area (Å²) in [6.45, 7) is 3.51. The molecule has 0 spiro atoms. The third kappa shape index (κ3) is 5.06. The van der Waals surface area contributed by atoms with Crippen LogP contribution in [0.4, 0.5) is 0 Å². The number of hydrogen-bond donors (Lipinski definition) is 1. The van der Waals surface area contributed by atoms with Crippen molar-refractivity contribution in [3.8, 4) is 11.1 Å². The molecule has 1 atom stereocenters. The maximum atomic E-state index is 13.3. The number of carbonyl (C=O) groups excluding carboxylic acids is 1. The van der Waals surface area contributed by atoms with Gasteiger partial charge < -0.3 is 4.90 Å². The van der Waals surface area contributed by atoms with Crippen molar-refractivity contribution in [2.24, 2.45) is 5.92 Å². The Morgan fingerprint density at radius 3 is 2.58 bits per heavy atom. The second-order valence-electron chi connectivity index (χ2n) is 7.95. The summed E-state index contributed by atoms with van der Waals surface area (Å²) in [6, 6.07) is 18.7. The van der Waals surface area contributed by atoms with Crippen LogP contribution in [0.5, 0.6) is 0 Å². The Hall–Kier alpha value is -2.48. The summed E-state index contributed by atoms with van der Waals surface area (Å²) in [5, 5.41) is 1.95. The highest BCUT2D eigenvalue weighted by atomic mass is 32.2. The van der Waals surface area contributed by atoms with Crippen LogP contribution in [0.3, 0.4) is 0 Å². The fourth-order valence-electron chi connectivity index (χ4n) is 3.91. The van der Waals surface area contributed by atoms with E-state index in [1.54, 1.807) is 24.3 Å². The maximum Gasteiger partial charge on any atom is 0.264 e. The number of rotatable bonds is 6. The monoisotopic (exact) mass is 454 g/mol. The van der Waals surface area contributed by atoms with Gasteiger partial charge in [0.25, 0.3) is 5.91 Å². The standard InChI is InChI=1S/C24H26N2O3S2/c1-18-9-11-21(12-10-18)31(28,29)25-16-19-6-5-14-26(17-19)24(27)23-22(13-15-30-23)20-7-3-2-4-8-20/h2-4,7-13,15,19,25H,5-6,14,16-17H2,1H3. The first kappa shape index (κ1) is 21.7. The van der Waals surface area contributed by atoms with Gasteiger partial charge in [0.1, 0.15) is 0 Å². The Kier molecular flexibility index (Phi) is 6.55. The molecule has 5 nitrogen and oxygen atoms in total. The first-order valence-corrected chi connectivity index (χ1v) is 12.8. The predicted molar refractivity (Wildman–Crippen MR) is 125 cm³/mol. The number of likely N-dealkylation sites (tertiary alicyclic amines) is 1. The van der Waals surface area contributed by atoms with Crippen LogP contribution in [0.1, 0.15) is 28.1 Å². The van der Waals surface area contributed by atoms with E-state index in [4.69, 9.17) is 0 Å². The molecule has 1 amide bonds. The zero-order chi connectivity index (χ0) is 21.8. The average Bonchev–Trinajstić information content (AvgIpc) is 3.28. The lowest BCUT2D eigenvalue weighted by Crippen LogP contribution is -2.43. The fourth-order valence-corrected chi connectivity index (χ4v) is 5.91. The summed E-state index contributed by atoms with van der Waals surface area (Å²) >= 11 is 1.46. The van der Waals surface area contributed by atoms with Crippen LogP contribution >= 0.6 is 11.3 Å². The summed E-state index contributed by atoms with van der Waals surface area (Å²) in [7, 11) is -3.55. The second-order valence-corrected chi connectivity index (χ2v) is 10.6. The van der Waals surface area contributed by atoms with Crippen molar-refractivity contribution < 1.29 is 13.2 Å². The van der Waals surface area contributed by atoms with E-state index in [9.17, 15) is 13.2 Å². The summed E-state index contributed by atoms with van der Waals surface area (Å²) < 4.78 is 27.9. The number of aryl methyl sites for hydroxylation is 1. The molecule has 3 aromatic rings. The van der Waals surface area contributed by atoms with Crippen LogP contribution in [0.2, 0.25) is 0 Å². The largest absolute Gasteiger partial charge is 0.338 e. The molecule has 0 saturated carbocycles. The van der Waals surface area contributed by atoms with Gasteiger partial charge in [0, 0.05) is 25.2 Å². The van der Waals surface area contributed by atoms with Crippen molar-refractivity contribution in [2.45, 2.75) is 24.7 Å². The Labute approximate surface area is 187 Å². The topological polar surface area (TPSA) is 66.5 Å². The lowest BCUT2D eigenvalue weighted by molar-refractivity contribution is 0.0682. The number of nitrogens with one attached hydrogen (secondary N) is 1. The van der Waals surface area contributed by atoms with Crippen molar-refractivity contribution in [2.75, 3.05) is 19.6 Å². The molecular weight excluding hydrogens is 428 g/mol. The number of thiophene rings is 1. The van der Waals surface area contributed by atoms with Gasteiger partial charge in [-0.25, -0.2) is 13.1 Å². The van der Waals surface area contributed by atoms with E-state index >= 15 is 0 Å². The van der Waals surface area contributed by atoms with Gasteiger partial charge in [-0.15, -0.1) is 11.3 Å². The molecule has 2 heterocycles. The van der Waals surface area contributed by atoms with E-state index in [2.05, 4.69) is 4.72 Å². The zero-order valence-corrected chi connectivity index (χ0v) is 19.1. The van der Waals surface area contributed by atoms with Crippen LogP contribution in [-0.4, -0.2) is 38.9 Å². The van der Waals surface area contributed by atoms with Crippen LogP contribution in [-0.2, 0) is 10.0 Å². The average molecular weight is 455 g/mol. The van der Waals surface area contributed by atoms with Crippen LogP contribution < -0.4 is 4.72 Å². The van der Waals surface area contributed by atoms with Gasteiger partial charge in [-0.05, 0) is 54.8 Å². The predicted octanol–water partition coefficient (Wildman–Crippen LogP) is 4.55. The number of hydrogen-bond acceptors (Lipinski definition) is 4. The number of carbonyl (C=O) groups is 1. The van der Waals surface area contributed by atoms with E-state index in [1.165, 1.54) is 11.3 Å². The summed E-state index contributed by atoms with van der Waals surface area (Å²) in [4.78, 5) is 16.1. The molecule has 0 bridgehead atoms. The first-order valence-electron chi connectivity index (χ1n) is 10.4. The van der Waals surface area contributed by atoms with Gasteiger partial charge >= 0.3 is 0 Å². The highest BCUT2D eigenvalue weighted by Gasteiger charge is 2.28. The van der Waals surface area contributed by atoms with Crippen LogP contribution in [0.25, 0.3) is 11.1 Å². The van der Waals surface area contributed by atoms with Crippen molar-refractivity contribution in [3.05, 3.63) is 76.5 Å². The minimum absolute atomic E-state index is 0.0277. The quantitative estimate of drug-likeness (QED) is 0.594. The van der Waals surface area contributed by atoms with Gasteiger partial charge in [-0.2, -0.15) is 0 Å². The van der Waals surface area contributed by atoms with Gasteiger partial charge in [0.2, 0.25) is 10.0 Å². The van der Waals surface area contributed by atoms with E-state index in [0.717, 1.165) is 34.4 Å². The van der Waals surface area contributed by atoms with Crippen LogP contribution in [0.15, 0.2) is 70.9 Å². The van der Waals surface area contributed by atoms with Crippen molar-refractivity contribution >= 4 is 27.3 Å². The molecule has 1 aliphatic heterocycles. The van der Waals surface area contributed by atoms with Crippen molar-refractivity contribution in [3.63, 3.8) is 0 Å². The molecule has 1 N–H and O–H groups in total. The molecule has 1 aromatic heterocycles. The van der Waals surface area contributed by atoms with Crippen molar-refractivity contribution in [1.29, 1.82) is 0 Å². The minimum Gasteiger partial charge on any atom is -0.338 e. The number of sulfonamides is 1. The second kappa shape index (κ2) is 9.34. The molecule has 1 saturated heterocycles. The third-order valence-corrected chi connectivity index (χ3v) is 7.99. The molecule has 7 heteroatoms. The molecule has 162 valence electrons. The molecular formula is C24H26N2O3S2. The molecule has 1 aliphatic rings. The fraction of sp³-hybridized carbons (Fsp3) is 0.292. The van der Waals surface area contributed by atoms with Gasteiger partial charge in [-0.1, -0.05) is 48.0 Å². The lowest BCUT2D eigenvalue weighted by atomic mass is 9.97. The van der Waals surface area contributed by atoms with Gasteiger partial charge in [-0.3, -0.25) is 4.79 Å². The highest BCUT2D eigenvalue weighted by molar-refractivity contribution is 7.89. The molecule has 1 unspecified atom stereocenters. The molecule has 0 radical (unpaired) electrons. The zero-order valence-electron chi connectivity index (χ0n) is 17.5. The normalized spacial score (nSPS) is 16.9. The number of piperidine rings is 1. The van der Waals surface area contributed by atoms with Gasteiger partial charge in [0.05, 0.1) is 9.77 Å². The van der Waals surface area contributed by atoms with E-state index in [0.29, 0.717) is 19.6 Å². The number of amides is 1. The molecule has 2 aromatic carbocycles. The lowest BCUT2D eigenvalue weighted by Gasteiger charge is -2.32. The summed E-state index contributed by atoms with van der Waals surface area (Å²) in [6.07, 6.45) is 1.77. The first-order chi connectivity index (χ1) is 14.9. The van der Waals surface area contributed by atoms with Gasteiger partial charge in [0.15, 0.2) is 0 Å². The maximum absolute atomic E-state index is 13.3. The third-order valence-electron chi connectivity index (χ3n) is 5.64. The summed E-state index contributed by atoms with van der Waals surface area (Å²) in [5.74, 6) is 0.123. The SMILES string of the molecule is Cc1ccc(S(=O)(=O)NCC2CCCN(C(=O)c3sccc3-c3ccccc3)C2)cc1. The molecule has 0 aliphatic carbocycles. The van der Waals surface area contributed by atoms with E-state index in [1.807, 2.05) is 53.6 Å². The Morgan fingerprint density at radius 1 is 1.10 bits per heavy atom. The molecule has 31 heavy (non-hydrogen) atoms. The number of benzene rings is 2. The summed E-state index contributed by atoms with van der Waals surface area (Å²) in [5.41, 5.74) is 3.01. The van der Waals surface area contributed by atoms with E-state index < -0.39 is 10.0 Å². The van der Waals surface area contributed by atoms with Crippen molar-refractivity contribution in [1.82, 2.24) is 9.62 Å². The Bertz CT molecular complexity index is 1140. The minimum atomic E-state index is -3.55. The van der Waals surface area contributed by atoms with E-state index in [-0.39, 0.29) is 16.7 Å². The number of nitrogens with zero attached hydrogens (tertiary/aromatic N) is 1. The highest BCUT2D eigenvalue weighted by Crippen LogP contribution is 2.30. The molecule has 1 fully saturated rings. The Balaban J connectivity index is 1.42. The Morgan fingerprint density at radius 2 is 1.84 bits per heavy atom. The van der Waals surface area contributed by atoms with Crippen LogP contribution in [0, 0.1) is 12.8 Å². The molecule has 4 rings (SSSR count).